The molecule has 0 unspecified atom stereocenters. The SMILES string of the molecule is CCSP(=O)(O[Si](C)(C)C)SCC. The maximum absolute atomic E-state index is 12.2. The summed E-state index contributed by atoms with van der Waals surface area (Å²) in [4.78, 5) is 0. The van der Waals surface area contributed by atoms with E-state index in [1.54, 1.807) is 0 Å². The van der Waals surface area contributed by atoms with Gasteiger partial charge >= 0.3 is 5.77 Å². The molecule has 0 radical (unpaired) electrons. The summed E-state index contributed by atoms with van der Waals surface area (Å²) in [6.45, 7) is 10.3. The topological polar surface area (TPSA) is 26.3 Å². The summed E-state index contributed by atoms with van der Waals surface area (Å²) in [5.74, 6) is -0.734. The highest BCUT2D eigenvalue weighted by Gasteiger charge is 2.30. The van der Waals surface area contributed by atoms with E-state index in [2.05, 4.69) is 19.6 Å². The highest BCUT2D eigenvalue weighted by atomic mass is 33.1. The molecule has 0 bridgehead atoms. The minimum atomic E-state index is -2.45. The Morgan fingerprint density at radius 1 is 1.15 bits per heavy atom. The van der Waals surface area contributed by atoms with Gasteiger partial charge in [-0.1, -0.05) is 36.6 Å². The van der Waals surface area contributed by atoms with Crippen LogP contribution in [0.3, 0.4) is 0 Å². The molecule has 6 heteroatoms. The van der Waals surface area contributed by atoms with Crippen LogP contribution in [0, 0.1) is 0 Å². The van der Waals surface area contributed by atoms with Gasteiger partial charge in [-0.2, -0.15) is 0 Å². The average molecular weight is 258 g/mol. The Morgan fingerprint density at radius 2 is 1.54 bits per heavy atom. The summed E-state index contributed by atoms with van der Waals surface area (Å²) >= 11 is 2.92. The predicted molar refractivity (Wildman–Crippen MR) is 68.3 cm³/mol. The number of hydrogen-bond acceptors (Lipinski definition) is 4. The molecule has 0 aromatic heterocycles. The quantitative estimate of drug-likeness (QED) is 0.519. The minimum absolute atomic E-state index is 0.856. The van der Waals surface area contributed by atoms with Crippen molar-refractivity contribution in [3.8, 4) is 0 Å². The third kappa shape index (κ3) is 7.08. The molecular weight excluding hydrogens is 239 g/mol. The van der Waals surface area contributed by atoms with Gasteiger partial charge in [-0.05, 0) is 19.6 Å². The molecule has 0 fully saturated rings. The fourth-order valence-corrected chi connectivity index (χ4v) is 14.2. The lowest BCUT2D eigenvalue weighted by molar-refractivity contribution is 0.515. The molecule has 0 saturated heterocycles. The first-order valence-electron chi connectivity index (χ1n) is 4.43. The lowest BCUT2D eigenvalue weighted by Gasteiger charge is -2.24. The largest absolute Gasteiger partial charge is 0.356 e. The van der Waals surface area contributed by atoms with Gasteiger partial charge < -0.3 is 4.21 Å². The molecule has 0 aliphatic rings. The van der Waals surface area contributed by atoms with Gasteiger partial charge in [-0.15, -0.1) is 0 Å². The summed E-state index contributed by atoms with van der Waals surface area (Å²) in [5, 5.41) is 0. The van der Waals surface area contributed by atoms with Gasteiger partial charge in [0.1, 0.15) is 0 Å². The van der Waals surface area contributed by atoms with Gasteiger partial charge in [0, 0.05) is 11.5 Å². The Bertz CT molecular complexity index is 183. The van der Waals surface area contributed by atoms with Gasteiger partial charge in [-0.3, -0.25) is 4.57 Å². The lowest BCUT2D eigenvalue weighted by Crippen LogP contribution is -2.22. The predicted octanol–water partition coefficient (Wildman–Crippen LogP) is 4.45. The summed E-state index contributed by atoms with van der Waals surface area (Å²) in [7, 11) is -1.67. The van der Waals surface area contributed by atoms with Crippen molar-refractivity contribution in [1.29, 1.82) is 0 Å². The Morgan fingerprint density at radius 3 is 1.77 bits per heavy atom. The van der Waals surface area contributed by atoms with Gasteiger partial charge in [0.2, 0.25) is 0 Å². The monoisotopic (exact) mass is 258 g/mol. The van der Waals surface area contributed by atoms with E-state index in [1.165, 1.54) is 22.8 Å². The van der Waals surface area contributed by atoms with Crippen molar-refractivity contribution in [3.63, 3.8) is 0 Å². The van der Waals surface area contributed by atoms with E-state index < -0.39 is 14.1 Å². The molecule has 0 aliphatic carbocycles. The second kappa shape index (κ2) is 5.86. The van der Waals surface area contributed by atoms with Crippen molar-refractivity contribution >= 4 is 36.9 Å². The van der Waals surface area contributed by atoms with Crippen LogP contribution in [0.25, 0.3) is 0 Å². The standard InChI is InChI=1S/C7H19O2PS2Si/c1-6-11-10(8,12-7-2)9-13(3,4)5/h6-7H2,1-5H3. The summed E-state index contributed by atoms with van der Waals surface area (Å²) in [5.41, 5.74) is 0. The number of hydrogen-bond donors (Lipinski definition) is 0. The molecule has 0 amide bonds. The van der Waals surface area contributed by atoms with Crippen LogP contribution in [0.1, 0.15) is 13.8 Å². The zero-order valence-electron chi connectivity index (χ0n) is 8.99. The molecule has 0 atom stereocenters. The minimum Gasteiger partial charge on any atom is -0.356 e. The molecule has 13 heavy (non-hydrogen) atoms. The molecule has 0 N–H and O–H groups in total. The van der Waals surface area contributed by atoms with Crippen LogP contribution in [0.2, 0.25) is 19.6 Å². The fourth-order valence-electron chi connectivity index (χ4n) is 0.742. The normalized spacial score (nSPS) is 13.3. The Labute approximate surface area is 90.7 Å². The van der Waals surface area contributed by atoms with Crippen molar-refractivity contribution in [2.75, 3.05) is 11.5 Å². The van der Waals surface area contributed by atoms with E-state index >= 15 is 0 Å². The summed E-state index contributed by atoms with van der Waals surface area (Å²) in [6, 6.07) is 0. The average Bonchev–Trinajstić information content (AvgIpc) is 1.82. The molecule has 0 aliphatic heterocycles. The van der Waals surface area contributed by atoms with Gasteiger partial charge in [0.05, 0.1) is 0 Å². The van der Waals surface area contributed by atoms with Crippen molar-refractivity contribution in [1.82, 2.24) is 0 Å². The lowest BCUT2D eigenvalue weighted by atomic mass is 11.0. The Kier molecular flexibility index (Phi) is 6.36. The van der Waals surface area contributed by atoms with Crippen LogP contribution < -0.4 is 0 Å². The number of rotatable bonds is 6. The zero-order chi connectivity index (χ0) is 10.5. The Hall–Kier alpha value is 1.11. The first-order valence-corrected chi connectivity index (χ1v) is 12.6. The van der Waals surface area contributed by atoms with E-state index in [0.29, 0.717) is 0 Å². The fraction of sp³-hybridized carbons (Fsp3) is 1.00. The first-order chi connectivity index (χ1) is 5.83. The van der Waals surface area contributed by atoms with E-state index in [1.807, 2.05) is 13.8 Å². The molecule has 0 saturated carbocycles. The van der Waals surface area contributed by atoms with E-state index in [-0.39, 0.29) is 0 Å². The van der Waals surface area contributed by atoms with Gasteiger partial charge in [0.15, 0.2) is 8.32 Å². The third-order valence-corrected chi connectivity index (χ3v) is 11.9. The van der Waals surface area contributed by atoms with E-state index in [9.17, 15) is 4.57 Å². The smallest absolute Gasteiger partial charge is 0.303 e. The molecule has 0 aromatic rings. The van der Waals surface area contributed by atoms with Crippen molar-refractivity contribution < 1.29 is 8.78 Å². The van der Waals surface area contributed by atoms with Gasteiger partial charge in [-0.25, -0.2) is 0 Å². The van der Waals surface area contributed by atoms with Crippen LogP contribution in [0.15, 0.2) is 0 Å². The van der Waals surface area contributed by atoms with Gasteiger partial charge in [0.25, 0.3) is 0 Å². The maximum Gasteiger partial charge on any atom is 0.303 e. The Balaban J connectivity index is 4.33. The van der Waals surface area contributed by atoms with E-state index in [0.717, 1.165) is 11.5 Å². The summed E-state index contributed by atoms with van der Waals surface area (Å²) < 4.78 is 17.9. The molecular formula is C7H19O2PS2Si. The van der Waals surface area contributed by atoms with E-state index in [4.69, 9.17) is 4.21 Å². The molecule has 0 rings (SSSR count). The first kappa shape index (κ1) is 14.1. The zero-order valence-corrected chi connectivity index (χ0v) is 12.5. The molecule has 0 heterocycles. The van der Waals surface area contributed by atoms with Crippen LogP contribution in [0.4, 0.5) is 0 Å². The van der Waals surface area contributed by atoms with Crippen LogP contribution in [-0.4, -0.2) is 19.8 Å². The third-order valence-electron chi connectivity index (χ3n) is 0.960. The highest BCUT2D eigenvalue weighted by molar-refractivity contribution is 8.89. The molecule has 0 aromatic carbocycles. The molecule has 80 valence electrons. The second-order valence-corrected chi connectivity index (χ2v) is 16.1. The van der Waals surface area contributed by atoms with Crippen LogP contribution in [-0.2, 0) is 8.78 Å². The van der Waals surface area contributed by atoms with Crippen molar-refractivity contribution in [2.24, 2.45) is 0 Å². The summed E-state index contributed by atoms with van der Waals surface area (Å²) in [6.07, 6.45) is 0. The van der Waals surface area contributed by atoms with Crippen LogP contribution >= 0.6 is 28.5 Å². The molecule has 2 nitrogen and oxygen atoms in total. The van der Waals surface area contributed by atoms with Crippen molar-refractivity contribution in [2.45, 2.75) is 33.5 Å². The second-order valence-electron chi connectivity index (χ2n) is 3.49. The maximum atomic E-state index is 12.2. The van der Waals surface area contributed by atoms with Crippen LogP contribution in [0.5, 0.6) is 0 Å². The highest BCUT2D eigenvalue weighted by Crippen LogP contribution is 2.70. The molecule has 0 spiro atoms. The van der Waals surface area contributed by atoms with Crippen molar-refractivity contribution in [3.05, 3.63) is 0 Å².